The highest BCUT2D eigenvalue weighted by atomic mass is 16.4. The molecule has 0 bridgehead atoms. The summed E-state index contributed by atoms with van der Waals surface area (Å²) >= 11 is 0. The summed E-state index contributed by atoms with van der Waals surface area (Å²) in [6.07, 6.45) is 10.7. The summed E-state index contributed by atoms with van der Waals surface area (Å²) in [6, 6.07) is 24.3. The Bertz CT molecular complexity index is 1600. The van der Waals surface area contributed by atoms with E-state index >= 15 is 0 Å². The molecule has 0 atom stereocenters. The number of rotatable bonds is 5. The van der Waals surface area contributed by atoms with E-state index in [4.69, 9.17) is 0 Å². The molecular weight excluding hydrogens is 498 g/mol. The van der Waals surface area contributed by atoms with Crippen molar-refractivity contribution >= 4 is 40.7 Å². The van der Waals surface area contributed by atoms with Crippen molar-refractivity contribution in [3.05, 3.63) is 118 Å². The van der Waals surface area contributed by atoms with Gasteiger partial charge in [0.1, 0.15) is 0 Å². The number of carboxylic acid groups (broad SMARTS) is 1. The van der Waals surface area contributed by atoms with Crippen LogP contribution in [0.25, 0.3) is 6.08 Å². The summed E-state index contributed by atoms with van der Waals surface area (Å²) in [5.41, 5.74) is 8.56. The number of anilines is 3. The molecule has 6 nitrogen and oxygen atoms in total. The van der Waals surface area contributed by atoms with Crippen LogP contribution in [0.2, 0.25) is 0 Å². The average Bonchev–Trinajstić information content (AvgIpc) is 3.34. The number of benzene rings is 3. The first kappa shape index (κ1) is 25.6. The van der Waals surface area contributed by atoms with Gasteiger partial charge in [-0.3, -0.25) is 4.79 Å². The molecule has 3 aromatic rings. The van der Waals surface area contributed by atoms with Gasteiger partial charge in [0.05, 0.1) is 11.3 Å². The summed E-state index contributed by atoms with van der Waals surface area (Å²) in [4.78, 5) is 27.8. The number of hydrogen-bond donors (Lipinski definition) is 1. The van der Waals surface area contributed by atoms with Crippen LogP contribution in [-0.2, 0) is 16.0 Å². The predicted molar refractivity (Wildman–Crippen MR) is 160 cm³/mol. The van der Waals surface area contributed by atoms with Crippen molar-refractivity contribution in [2.24, 2.45) is 5.10 Å². The number of carbonyl (C=O) groups excluding carboxylic acids is 1. The molecule has 1 N–H and O–H groups in total. The van der Waals surface area contributed by atoms with Crippen LogP contribution in [-0.4, -0.2) is 29.2 Å². The lowest BCUT2D eigenvalue weighted by Gasteiger charge is -2.31. The van der Waals surface area contributed by atoms with E-state index < -0.39 is 11.9 Å². The van der Waals surface area contributed by atoms with Crippen molar-refractivity contribution < 1.29 is 14.7 Å². The van der Waals surface area contributed by atoms with E-state index in [9.17, 15) is 14.7 Å². The summed E-state index contributed by atoms with van der Waals surface area (Å²) in [7, 11) is 0. The zero-order chi connectivity index (χ0) is 27.6. The van der Waals surface area contributed by atoms with Crippen LogP contribution in [0.1, 0.15) is 42.4 Å². The van der Waals surface area contributed by atoms with Gasteiger partial charge in [0.25, 0.3) is 5.91 Å². The predicted octanol–water partition coefficient (Wildman–Crippen LogP) is 6.99. The fourth-order valence-electron chi connectivity index (χ4n) is 5.68. The van der Waals surface area contributed by atoms with Crippen molar-refractivity contribution in [1.82, 2.24) is 0 Å². The Morgan fingerprint density at radius 2 is 1.70 bits per heavy atom. The lowest BCUT2D eigenvalue weighted by Crippen LogP contribution is -2.24. The molecule has 0 saturated carbocycles. The smallest absolute Gasteiger partial charge is 0.357 e. The fraction of sp³-hybridized carbons (Fsp3) is 0.206. The Balaban J connectivity index is 1.26. The number of nitrogens with zero attached hydrogens (tertiary/aromatic N) is 3. The molecule has 6 heteroatoms. The number of carbonyl (C=O) groups is 2. The molecule has 3 aromatic carbocycles. The van der Waals surface area contributed by atoms with Gasteiger partial charge >= 0.3 is 5.97 Å². The molecule has 6 rings (SSSR count). The summed E-state index contributed by atoms with van der Waals surface area (Å²) in [5.74, 6) is -1.59. The van der Waals surface area contributed by atoms with E-state index in [0.717, 1.165) is 48.9 Å². The van der Waals surface area contributed by atoms with Gasteiger partial charge in [-0.05, 0) is 97.7 Å². The molecular formula is C34H31N3O3. The Kier molecular flexibility index (Phi) is 6.91. The quantitative estimate of drug-likeness (QED) is 0.362. The Labute approximate surface area is 234 Å². The third-order valence-electron chi connectivity index (χ3n) is 7.70. The zero-order valence-corrected chi connectivity index (χ0v) is 22.5. The molecule has 200 valence electrons. The third kappa shape index (κ3) is 5.00. The van der Waals surface area contributed by atoms with Crippen LogP contribution >= 0.6 is 0 Å². The number of aryl methyl sites for hydroxylation is 2. The second kappa shape index (κ2) is 10.8. The number of hydrogen-bond acceptors (Lipinski definition) is 4. The summed E-state index contributed by atoms with van der Waals surface area (Å²) in [6.45, 7) is 3.12. The number of aliphatic carboxylic acids is 1. The largest absolute Gasteiger partial charge is 0.476 e. The van der Waals surface area contributed by atoms with Gasteiger partial charge in [0.15, 0.2) is 5.71 Å². The topological polar surface area (TPSA) is 73.2 Å². The van der Waals surface area contributed by atoms with Gasteiger partial charge in [-0.1, -0.05) is 60.2 Å². The Morgan fingerprint density at radius 3 is 2.48 bits per heavy atom. The van der Waals surface area contributed by atoms with Crippen LogP contribution in [0.15, 0.2) is 107 Å². The SMILES string of the molecule is Cc1ccc(N2CCCc3cc(/C=C/C4=CC(=C5\C(=O)N(c6ccccc6)N=C5C(=O)O)/CCC4)ccc32)cc1. The Hall–Kier alpha value is -4.71. The highest BCUT2D eigenvalue weighted by Crippen LogP contribution is 2.35. The van der Waals surface area contributed by atoms with Crippen LogP contribution in [0.5, 0.6) is 0 Å². The van der Waals surface area contributed by atoms with Crippen molar-refractivity contribution in [3.8, 4) is 0 Å². The van der Waals surface area contributed by atoms with E-state index in [1.807, 2.05) is 12.1 Å². The molecule has 0 fully saturated rings. The highest BCUT2D eigenvalue weighted by molar-refractivity contribution is 6.53. The fourth-order valence-corrected chi connectivity index (χ4v) is 5.68. The van der Waals surface area contributed by atoms with Gasteiger partial charge in [0, 0.05) is 17.9 Å². The minimum absolute atomic E-state index is 0.187. The van der Waals surface area contributed by atoms with Crippen LogP contribution in [0.3, 0.4) is 0 Å². The summed E-state index contributed by atoms with van der Waals surface area (Å²) in [5, 5.41) is 15.2. The van der Waals surface area contributed by atoms with E-state index in [0.29, 0.717) is 12.1 Å². The molecule has 0 spiro atoms. The van der Waals surface area contributed by atoms with Crippen molar-refractivity contribution in [2.75, 3.05) is 16.5 Å². The first-order chi connectivity index (χ1) is 19.5. The van der Waals surface area contributed by atoms with E-state index in [1.54, 1.807) is 24.3 Å². The Morgan fingerprint density at radius 1 is 0.900 bits per heavy atom. The van der Waals surface area contributed by atoms with Gasteiger partial charge in [-0.15, -0.1) is 0 Å². The molecule has 2 heterocycles. The normalized spacial score (nSPS) is 19.1. The van der Waals surface area contributed by atoms with E-state index in [2.05, 4.69) is 71.5 Å². The van der Waals surface area contributed by atoms with Crippen molar-refractivity contribution in [3.63, 3.8) is 0 Å². The zero-order valence-electron chi connectivity index (χ0n) is 22.5. The third-order valence-corrected chi connectivity index (χ3v) is 7.70. The molecule has 1 amide bonds. The minimum Gasteiger partial charge on any atom is -0.476 e. The lowest BCUT2D eigenvalue weighted by molar-refractivity contribution is -0.129. The first-order valence-electron chi connectivity index (χ1n) is 13.8. The molecule has 0 unspecified atom stereocenters. The van der Waals surface area contributed by atoms with Crippen LogP contribution in [0, 0.1) is 6.92 Å². The summed E-state index contributed by atoms with van der Waals surface area (Å²) < 4.78 is 0. The molecule has 40 heavy (non-hydrogen) atoms. The number of carboxylic acids is 1. The second-order valence-corrected chi connectivity index (χ2v) is 10.5. The molecule has 2 aliphatic heterocycles. The van der Waals surface area contributed by atoms with Crippen molar-refractivity contribution in [1.29, 1.82) is 0 Å². The number of hydrazone groups is 1. The number of allylic oxidation sites excluding steroid dienone is 4. The molecule has 1 aliphatic carbocycles. The van der Waals surface area contributed by atoms with Crippen LogP contribution in [0.4, 0.5) is 17.1 Å². The van der Waals surface area contributed by atoms with Gasteiger partial charge < -0.3 is 10.0 Å². The number of fused-ring (bicyclic) bond motifs is 1. The number of para-hydroxylation sites is 1. The maximum absolute atomic E-state index is 13.3. The van der Waals surface area contributed by atoms with E-state index in [-0.39, 0.29) is 11.3 Å². The van der Waals surface area contributed by atoms with Gasteiger partial charge in [-0.25, -0.2) is 4.79 Å². The average molecular weight is 530 g/mol. The molecule has 3 aliphatic rings. The molecule has 0 saturated heterocycles. The van der Waals surface area contributed by atoms with E-state index in [1.165, 1.54) is 27.5 Å². The van der Waals surface area contributed by atoms with Gasteiger partial charge in [-0.2, -0.15) is 10.1 Å². The van der Waals surface area contributed by atoms with Crippen LogP contribution < -0.4 is 9.91 Å². The lowest BCUT2D eigenvalue weighted by atomic mass is 9.89. The monoisotopic (exact) mass is 529 g/mol. The minimum atomic E-state index is -1.20. The second-order valence-electron chi connectivity index (χ2n) is 10.5. The standard InChI is InChI=1S/C34H31N3O3/c1-23-12-17-28(18-13-23)36-20-6-9-26-21-25(16-19-30(26)36)15-14-24-7-5-8-27(22-24)31-32(34(39)40)35-37(33(31)38)29-10-3-2-4-11-29/h2-4,10-19,21-22H,5-9,20H2,1H3,(H,39,40)/b15-14+,31-27-. The van der Waals surface area contributed by atoms with Gasteiger partial charge in [0.2, 0.25) is 0 Å². The molecule has 0 radical (unpaired) electrons. The maximum atomic E-state index is 13.3. The molecule has 0 aromatic heterocycles. The maximum Gasteiger partial charge on any atom is 0.357 e. The van der Waals surface area contributed by atoms with Crippen molar-refractivity contribution in [2.45, 2.75) is 39.0 Å². The highest BCUT2D eigenvalue weighted by Gasteiger charge is 2.37. The first-order valence-corrected chi connectivity index (χ1v) is 13.8. The number of amides is 1.